The van der Waals surface area contributed by atoms with Crippen molar-refractivity contribution in [2.24, 2.45) is 5.73 Å². The lowest BCUT2D eigenvalue weighted by molar-refractivity contribution is -0.119. The predicted molar refractivity (Wildman–Crippen MR) is 115 cm³/mol. The molecule has 0 aromatic heterocycles. The van der Waals surface area contributed by atoms with E-state index in [0.717, 1.165) is 0 Å². The molecule has 11 heteroatoms. The Morgan fingerprint density at radius 1 is 1.06 bits per heavy atom. The molecule has 32 heavy (non-hydrogen) atoms. The Hall–Kier alpha value is -3.15. The molecular weight excluding hydrogens is 436 g/mol. The summed E-state index contributed by atoms with van der Waals surface area (Å²) < 4.78 is 38.0. The van der Waals surface area contributed by atoms with E-state index in [4.69, 9.17) is 15.2 Å². The lowest BCUT2D eigenvalue weighted by atomic mass is 10.1. The zero-order chi connectivity index (χ0) is 22.5. The molecule has 0 spiro atoms. The Labute approximate surface area is 185 Å². The topological polar surface area (TPSA) is 122 Å². The second-order valence-corrected chi connectivity index (χ2v) is 9.69. The van der Waals surface area contributed by atoms with Crippen LogP contribution in [0.15, 0.2) is 53.4 Å². The number of sulfonamides is 1. The number of amides is 2. The van der Waals surface area contributed by atoms with Crippen molar-refractivity contribution in [3.05, 3.63) is 48.5 Å². The maximum absolute atomic E-state index is 12.8. The third-order valence-electron chi connectivity index (χ3n) is 5.93. The number of ether oxygens (including phenoxy) is 2. The van der Waals surface area contributed by atoms with Gasteiger partial charge in [0.05, 0.1) is 17.1 Å². The highest BCUT2D eigenvalue weighted by atomic mass is 32.2. The van der Waals surface area contributed by atoms with E-state index in [1.54, 1.807) is 36.4 Å². The van der Waals surface area contributed by atoms with E-state index < -0.39 is 22.2 Å². The SMILES string of the molecule is NC[C@@H]1OC(=O)N2c3ccc(N4CCN(S(=O)(=O)c5ccccc5)CC4=O)cc3OC[C@@H]12. The summed E-state index contributed by atoms with van der Waals surface area (Å²) in [6, 6.07) is 12.9. The average molecular weight is 458 g/mol. The van der Waals surface area contributed by atoms with E-state index in [-0.39, 0.29) is 49.6 Å². The van der Waals surface area contributed by atoms with Crippen LogP contribution in [0.4, 0.5) is 16.2 Å². The number of nitrogens with zero attached hydrogens (tertiary/aromatic N) is 3. The third kappa shape index (κ3) is 3.29. The van der Waals surface area contributed by atoms with Gasteiger partial charge in [0.25, 0.3) is 0 Å². The van der Waals surface area contributed by atoms with E-state index in [9.17, 15) is 18.0 Å². The molecule has 2 fully saturated rings. The maximum atomic E-state index is 12.8. The van der Waals surface area contributed by atoms with E-state index in [1.165, 1.54) is 26.2 Å². The number of nitrogens with two attached hydrogens (primary N) is 1. The van der Waals surface area contributed by atoms with Crippen molar-refractivity contribution in [3.8, 4) is 5.75 Å². The fourth-order valence-electron chi connectivity index (χ4n) is 4.26. The second-order valence-electron chi connectivity index (χ2n) is 7.76. The van der Waals surface area contributed by atoms with E-state index in [2.05, 4.69) is 0 Å². The summed E-state index contributed by atoms with van der Waals surface area (Å²) in [5, 5.41) is 0. The van der Waals surface area contributed by atoms with Crippen molar-refractivity contribution in [2.75, 3.05) is 42.6 Å². The molecule has 2 aromatic carbocycles. The van der Waals surface area contributed by atoms with Gasteiger partial charge in [-0.3, -0.25) is 9.69 Å². The van der Waals surface area contributed by atoms with E-state index in [0.29, 0.717) is 17.1 Å². The zero-order valence-corrected chi connectivity index (χ0v) is 17.9. The Morgan fingerprint density at radius 2 is 1.84 bits per heavy atom. The largest absolute Gasteiger partial charge is 0.489 e. The molecule has 2 amide bonds. The number of rotatable bonds is 4. The van der Waals surface area contributed by atoms with Gasteiger partial charge in [0.1, 0.15) is 24.5 Å². The number of benzene rings is 2. The van der Waals surface area contributed by atoms with Crippen molar-refractivity contribution in [2.45, 2.75) is 17.0 Å². The van der Waals surface area contributed by atoms with Crippen molar-refractivity contribution in [3.63, 3.8) is 0 Å². The normalized spacial score (nSPS) is 23.4. The molecule has 3 heterocycles. The van der Waals surface area contributed by atoms with Crippen LogP contribution in [0.25, 0.3) is 0 Å². The highest BCUT2D eigenvalue weighted by Gasteiger charge is 2.46. The molecule has 10 nitrogen and oxygen atoms in total. The van der Waals surface area contributed by atoms with Crippen molar-refractivity contribution in [1.82, 2.24) is 4.31 Å². The number of anilines is 2. The van der Waals surface area contributed by atoms with Crippen LogP contribution in [-0.4, -0.2) is 69.7 Å². The Morgan fingerprint density at radius 3 is 2.56 bits per heavy atom. The van der Waals surface area contributed by atoms with Gasteiger partial charge in [-0.1, -0.05) is 18.2 Å². The maximum Gasteiger partial charge on any atom is 0.415 e. The van der Waals surface area contributed by atoms with Crippen LogP contribution in [0, 0.1) is 0 Å². The van der Waals surface area contributed by atoms with Gasteiger partial charge in [-0.25, -0.2) is 13.2 Å². The first-order valence-corrected chi connectivity index (χ1v) is 11.7. The smallest absolute Gasteiger partial charge is 0.415 e. The van der Waals surface area contributed by atoms with E-state index >= 15 is 0 Å². The molecule has 2 atom stereocenters. The summed E-state index contributed by atoms with van der Waals surface area (Å²) in [4.78, 5) is 28.4. The molecule has 0 radical (unpaired) electrons. The molecule has 0 unspecified atom stereocenters. The number of carbonyl (C=O) groups excluding carboxylic acids is 2. The van der Waals surface area contributed by atoms with Crippen LogP contribution in [0.5, 0.6) is 5.75 Å². The third-order valence-corrected chi connectivity index (χ3v) is 7.79. The first kappa shape index (κ1) is 20.7. The molecule has 0 bridgehead atoms. The number of hydrogen-bond acceptors (Lipinski definition) is 7. The summed E-state index contributed by atoms with van der Waals surface area (Å²) in [5.41, 5.74) is 6.82. The first-order chi connectivity index (χ1) is 15.4. The molecule has 168 valence electrons. The van der Waals surface area contributed by atoms with Gasteiger partial charge in [-0.05, 0) is 24.3 Å². The fraction of sp³-hybridized carbons (Fsp3) is 0.333. The standard InChI is InChI=1S/C21H22N4O6S/c22-11-19-17-13-30-18-10-14(6-7-16(18)25(17)21(27)31-19)24-9-8-23(12-20(24)26)32(28,29)15-4-2-1-3-5-15/h1-7,10,17,19H,8-9,11-13,22H2/t17-,19-/m0/s1. The van der Waals surface area contributed by atoms with Gasteiger partial charge in [-0.15, -0.1) is 0 Å². The first-order valence-electron chi connectivity index (χ1n) is 10.2. The number of fused-ring (bicyclic) bond motifs is 3. The molecule has 5 rings (SSSR count). The average Bonchev–Trinajstić information content (AvgIpc) is 3.15. The summed E-state index contributed by atoms with van der Waals surface area (Å²) in [6.07, 6.45) is -0.907. The van der Waals surface area contributed by atoms with Crippen LogP contribution in [0.1, 0.15) is 0 Å². The van der Waals surface area contributed by atoms with Crippen molar-refractivity contribution < 1.29 is 27.5 Å². The molecule has 0 saturated carbocycles. The van der Waals surface area contributed by atoms with Crippen LogP contribution in [0.3, 0.4) is 0 Å². The Bertz CT molecular complexity index is 1170. The Kier molecular flexibility index (Phi) is 5.03. The predicted octanol–water partition coefficient (Wildman–Crippen LogP) is 0.769. The summed E-state index contributed by atoms with van der Waals surface area (Å²) in [7, 11) is -3.75. The highest BCUT2D eigenvalue weighted by molar-refractivity contribution is 7.89. The van der Waals surface area contributed by atoms with Gasteiger partial charge in [0.2, 0.25) is 15.9 Å². The Balaban J connectivity index is 1.35. The van der Waals surface area contributed by atoms with Gasteiger partial charge in [0.15, 0.2) is 0 Å². The molecule has 3 aliphatic heterocycles. The zero-order valence-electron chi connectivity index (χ0n) is 17.1. The van der Waals surface area contributed by atoms with Gasteiger partial charge in [0, 0.05) is 31.4 Å². The molecule has 3 aliphatic rings. The van der Waals surface area contributed by atoms with Crippen LogP contribution in [-0.2, 0) is 19.6 Å². The number of carbonyl (C=O) groups is 2. The van der Waals surface area contributed by atoms with Crippen LogP contribution < -0.4 is 20.3 Å². The molecule has 2 saturated heterocycles. The lowest BCUT2D eigenvalue weighted by Gasteiger charge is -2.35. The quantitative estimate of drug-likeness (QED) is 0.718. The second kappa shape index (κ2) is 7.76. The fourth-order valence-corrected chi connectivity index (χ4v) is 5.66. The number of hydrogen-bond donors (Lipinski definition) is 1. The summed E-state index contributed by atoms with van der Waals surface area (Å²) in [6.45, 7) is 0.552. The van der Waals surface area contributed by atoms with Gasteiger partial charge < -0.3 is 20.1 Å². The van der Waals surface area contributed by atoms with Crippen LogP contribution in [0.2, 0.25) is 0 Å². The number of cyclic esters (lactones) is 1. The monoisotopic (exact) mass is 458 g/mol. The van der Waals surface area contributed by atoms with Gasteiger partial charge in [-0.2, -0.15) is 4.31 Å². The minimum Gasteiger partial charge on any atom is -0.489 e. The van der Waals surface area contributed by atoms with Gasteiger partial charge >= 0.3 is 6.09 Å². The lowest BCUT2D eigenvalue weighted by Crippen LogP contribution is -2.52. The number of piperazine rings is 1. The molecule has 0 aliphatic carbocycles. The summed E-state index contributed by atoms with van der Waals surface area (Å²) >= 11 is 0. The molecular formula is C21H22N4O6S. The highest BCUT2D eigenvalue weighted by Crippen LogP contribution is 2.41. The molecule has 2 N–H and O–H groups in total. The van der Waals surface area contributed by atoms with Crippen molar-refractivity contribution in [1.29, 1.82) is 0 Å². The van der Waals surface area contributed by atoms with Crippen LogP contribution >= 0.6 is 0 Å². The minimum atomic E-state index is -3.75. The minimum absolute atomic E-state index is 0.159. The summed E-state index contributed by atoms with van der Waals surface area (Å²) in [5.74, 6) is 0.119. The van der Waals surface area contributed by atoms with E-state index in [1.807, 2.05) is 0 Å². The molecule has 2 aromatic rings. The van der Waals surface area contributed by atoms with Crippen molar-refractivity contribution >= 4 is 33.4 Å².